The predicted octanol–water partition coefficient (Wildman–Crippen LogP) is 2.25. The molecule has 4 N–H and O–H groups in total. The first-order chi connectivity index (χ1) is 9.58. The quantitative estimate of drug-likeness (QED) is 0.324. The number of benzene rings is 1. The molecule has 0 saturated carbocycles. The summed E-state index contributed by atoms with van der Waals surface area (Å²) in [6.45, 7) is 2.73. The number of nitrogens with two attached hydrogens (primary N) is 1. The highest BCUT2D eigenvalue weighted by Gasteiger charge is 2.08. The first kappa shape index (κ1) is 13.9. The van der Waals surface area contributed by atoms with Crippen molar-refractivity contribution in [3.63, 3.8) is 0 Å². The fourth-order valence-corrected chi connectivity index (χ4v) is 1.95. The van der Waals surface area contributed by atoms with E-state index in [4.69, 9.17) is 5.73 Å². The maximum atomic E-state index is 10.6. The number of rotatable bonds is 6. The largest absolute Gasteiger partial charge is 0.397 e. The number of non-ortho nitro benzene ring substituents is 1. The second kappa shape index (κ2) is 6.05. The maximum absolute atomic E-state index is 10.6. The average molecular weight is 275 g/mol. The van der Waals surface area contributed by atoms with Crippen LogP contribution in [0.15, 0.2) is 24.4 Å². The molecular formula is C13H17N5O2. The second-order valence-corrected chi connectivity index (χ2v) is 4.58. The zero-order valence-corrected chi connectivity index (χ0v) is 11.2. The van der Waals surface area contributed by atoms with Crippen molar-refractivity contribution in [2.45, 2.75) is 19.8 Å². The lowest BCUT2D eigenvalue weighted by molar-refractivity contribution is -0.384. The van der Waals surface area contributed by atoms with Gasteiger partial charge in [-0.1, -0.05) is 0 Å². The monoisotopic (exact) mass is 275 g/mol. The molecule has 0 saturated heterocycles. The smallest absolute Gasteiger partial charge is 0.271 e. The van der Waals surface area contributed by atoms with E-state index < -0.39 is 4.92 Å². The molecule has 0 aliphatic heterocycles. The molecule has 1 aromatic carbocycles. The number of H-pyrrole nitrogens is 1. The average Bonchev–Trinajstić information content (AvgIpc) is 2.81. The molecule has 0 fully saturated rings. The van der Waals surface area contributed by atoms with Crippen molar-refractivity contribution >= 4 is 17.1 Å². The summed E-state index contributed by atoms with van der Waals surface area (Å²) in [7, 11) is 0. The molecule has 0 atom stereocenters. The van der Waals surface area contributed by atoms with Crippen molar-refractivity contribution in [3.8, 4) is 0 Å². The number of nitrogens with one attached hydrogen (secondary N) is 2. The van der Waals surface area contributed by atoms with E-state index in [9.17, 15) is 10.1 Å². The van der Waals surface area contributed by atoms with Crippen LogP contribution in [0.5, 0.6) is 0 Å². The molecule has 0 bridgehead atoms. The molecule has 0 unspecified atom stereocenters. The van der Waals surface area contributed by atoms with Gasteiger partial charge in [-0.15, -0.1) is 0 Å². The maximum Gasteiger partial charge on any atom is 0.271 e. The van der Waals surface area contributed by atoms with E-state index in [1.165, 1.54) is 17.7 Å². The van der Waals surface area contributed by atoms with Crippen LogP contribution in [0, 0.1) is 17.0 Å². The molecule has 7 heteroatoms. The highest BCUT2D eigenvalue weighted by atomic mass is 16.6. The minimum atomic E-state index is -0.457. The fourth-order valence-electron chi connectivity index (χ4n) is 1.95. The van der Waals surface area contributed by atoms with Crippen LogP contribution in [0.25, 0.3) is 0 Å². The molecule has 106 valence electrons. The predicted molar refractivity (Wildman–Crippen MR) is 77.6 cm³/mol. The van der Waals surface area contributed by atoms with Crippen molar-refractivity contribution in [2.75, 3.05) is 17.6 Å². The Bertz CT molecular complexity index is 609. The van der Waals surface area contributed by atoms with Gasteiger partial charge in [-0.05, 0) is 31.4 Å². The van der Waals surface area contributed by atoms with E-state index >= 15 is 0 Å². The van der Waals surface area contributed by atoms with E-state index in [1.54, 1.807) is 6.07 Å². The van der Waals surface area contributed by atoms with E-state index in [1.807, 2.05) is 13.1 Å². The summed E-state index contributed by atoms with van der Waals surface area (Å²) in [4.78, 5) is 10.2. The molecule has 1 heterocycles. The molecule has 0 aliphatic carbocycles. The van der Waals surface area contributed by atoms with Gasteiger partial charge in [0.25, 0.3) is 5.69 Å². The first-order valence-corrected chi connectivity index (χ1v) is 6.34. The van der Waals surface area contributed by atoms with Crippen LogP contribution in [-0.4, -0.2) is 21.7 Å². The van der Waals surface area contributed by atoms with Gasteiger partial charge in [0.15, 0.2) is 0 Å². The number of aryl methyl sites for hydroxylation is 2. The van der Waals surface area contributed by atoms with Gasteiger partial charge in [0.05, 0.1) is 22.5 Å². The summed E-state index contributed by atoms with van der Waals surface area (Å²) in [5, 5.41) is 20.7. The number of nitrogens with zero attached hydrogens (tertiary/aromatic N) is 2. The van der Waals surface area contributed by atoms with E-state index in [0.717, 1.165) is 30.8 Å². The molecule has 2 aromatic rings. The highest BCUT2D eigenvalue weighted by Crippen LogP contribution is 2.24. The molecule has 0 spiro atoms. The van der Waals surface area contributed by atoms with Crippen LogP contribution in [0.2, 0.25) is 0 Å². The minimum absolute atomic E-state index is 0.00192. The number of aromatic amines is 1. The number of nitro benzene ring substituents is 1. The lowest BCUT2D eigenvalue weighted by atomic mass is 10.1. The Hall–Kier alpha value is -2.57. The van der Waals surface area contributed by atoms with Crippen molar-refractivity contribution in [1.29, 1.82) is 0 Å². The van der Waals surface area contributed by atoms with Crippen LogP contribution in [0.1, 0.15) is 17.7 Å². The number of hydrogen-bond donors (Lipinski definition) is 3. The Morgan fingerprint density at radius 1 is 1.50 bits per heavy atom. The molecule has 0 amide bonds. The summed E-state index contributed by atoms with van der Waals surface area (Å²) in [5.41, 5.74) is 9.17. The summed E-state index contributed by atoms with van der Waals surface area (Å²) >= 11 is 0. The van der Waals surface area contributed by atoms with E-state index in [0.29, 0.717) is 5.69 Å². The number of nitrogen functional groups attached to an aromatic ring is 1. The molecular weight excluding hydrogens is 258 g/mol. The lowest BCUT2D eigenvalue weighted by Crippen LogP contribution is -2.05. The van der Waals surface area contributed by atoms with Gasteiger partial charge < -0.3 is 11.1 Å². The Morgan fingerprint density at radius 2 is 2.30 bits per heavy atom. The van der Waals surface area contributed by atoms with Crippen molar-refractivity contribution in [3.05, 3.63) is 45.8 Å². The summed E-state index contributed by atoms with van der Waals surface area (Å²) in [6.07, 6.45) is 3.68. The minimum Gasteiger partial charge on any atom is -0.397 e. The summed E-state index contributed by atoms with van der Waals surface area (Å²) in [5.74, 6) is 0. The van der Waals surface area contributed by atoms with Gasteiger partial charge in [-0.2, -0.15) is 5.10 Å². The third-order valence-corrected chi connectivity index (χ3v) is 3.12. The molecule has 7 nitrogen and oxygen atoms in total. The summed E-state index contributed by atoms with van der Waals surface area (Å²) < 4.78 is 0. The Labute approximate surface area is 116 Å². The Kier molecular flexibility index (Phi) is 4.19. The van der Waals surface area contributed by atoms with Gasteiger partial charge in [0.2, 0.25) is 0 Å². The number of anilines is 2. The Morgan fingerprint density at radius 3 is 2.90 bits per heavy atom. The van der Waals surface area contributed by atoms with Crippen LogP contribution >= 0.6 is 0 Å². The zero-order valence-electron chi connectivity index (χ0n) is 11.2. The van der Waals surface area contributed by atoms with Gasteiger partial charge in [-0.25, -0.2) is 0 Å². The molecule has 1 aromatic heterocycles. The van der Waals surface area contributed by atoms with Crippen LogP contribution in [0.3, 0.4) is 0 Å². The molecule has 20 heavy (non-hydrogen) atoms. The van der Waals surface area contributed by atoms with Crippen LogP contribution in [0.4, 0.5) is 17.1 Å². The number of nitro groups is 1. The summed E-state index contributed by atoms with van der Waals surface area (Å²) in [6, 6.07) is 4.44. The third-order valence-electron chi connectivity index (χ3n) is 3.12. The topological polar surface area (TPSA) is 110 Å². The molecule has 2 rings (SSSR count). The second-order valence-electron chi connectivity index (χ2n) is 4.58. The molecule has 0 radical (unpaired) electrons. The normalized spacial score (nSPS) is 10.4. The number of aromatic nitrogens is 2. The molecule has 0 aliphatic rings. The van der Waals surface area contributed by atoms with Crippen LogP contribution < -0.4 is 11.1 Å². The first-order valence-electron chi connectivity index (χ1n) is 6.34. The van der Waals surface area contributed by atoms with Crippen LogP contribution in [-0.2, 0) is 6.42 Å². The van der Waals surface area contributed by atoms with Crippen molar-refractivity contribution in [2.24, 2.45) is 0 Å². The SMILES string of the molecule is Cc1[nH]ncc1CCCNc1ccc([N+](=O)[O-])cc1N. The standard InChI is InChI=1S/C13H17N5O2/c1-9-10(8-16-17-9)3-2-6-15-13-5-4-11(18(19)20)7-12(13)14/h4-5,7-8,15H,2-3,6,14H2,1H3,(H,16,17). The van der Waals surface area contributed by atoms with Gasteiger partial charge in [0.1, 0.15) is 0 Å². The van der Waals surface area contributed by atoms with Gasteiger partial charge in [-0.3, -0.25) is 15.2 Å². The van der Waals surface area contributed by atoms with E-state index in [-0.39, 0.29) is 5.69 Å². The zero-order chi connectivity index (χ0) is 14.5. The number of hydrogen-bond acceptors (Lipinski definition) is 5. The van der Waals surface area contributed by atoms with Gasteiger partial charge >= 0.3 is 0 Å². The third kappa shape index (κ3) is 3.25. The van der Waals surface area contributed by atoms with E-state index in [2.05, 4.69) is 15.5 Å². The van der Waals surface area contributed by atoms with Gasteiger partial charge in [0, 0.05) is 24.4 Å². The van der Waals surface area contributed by atoms with Crippen molar-refractivity contribution in [1.82, 2.24) is 10.2 Å². The fraction of sp³-hybridized carbons (Fsp3) is 0.308. The highest BCUT2D eigenvalue weighted by molar-refractivity contribution is 5.69. The van der Waals surface area contributed by atoms with Crippen molar-refractivity contribution < 1.29 is 4.92 Å². The Balaban J connectivity index is 1.85. The lowest BCUT2D eigenvalue weighted by Gasteiger charge is -2.08.